The molecule has 1 fully saturated rings. The van der Waals surface area contributed by atoms with Crippen molar-refractivity contribution in [3.8, 4) is 6.19 Å². The number of nitriles is 1. The highest BCUT2D eigenvalue weighted by molar-refractivity contribution is 5.92. The van der Waals surface area contributed by atoms with Gasteiger partial charge in [0.05, 0.1) is 6.04 Å². The van der Waals surface area contributed by atoms with E-state index in [1.807, 2.05) is 36.2 Å². The Labute approximate surface area is 119 Å². The van der Waals surface area contributed by atoms with Crippen LogP contribution in [-0.4, -0.2) is 30.5 Å². The van der Waals surface area contributed by atoms with E-state index in [0.717, 1.165) is 30.6 Å². The minimum atomic E-state index is 0.236. The molecule has 20 heavy (non-hydrogen) atoms. The Kier molecular flexibility index (Phi) is 3.19. The van der Waals surface area contributed by atoms with Gasteiger partial charge in [0, 0.05) is 32.2 Å². The van der Waals surface area contributed by atoms with Crippen molar-refractivity contribution in [1.29, 1.82) is 5.26 Å². The summed E-state index contributed by atoms with van der Waals surface area (Å²) in [4.78, 5) is 8.34. The molecule has 0 spiro atoms. The molecule has 3 rings (SSSR count). The second-order valence-corrected chi connectivity index (χ2v) is 5.46. The number of hydrogen-bond acceptors (Lipinski definition) is 4. The van der Waals surface area contributed by atoms with E-state index in [1.165, 1.54) is 10.9 Å². The zero-order valence-electron chi connectivity index (χ0n) is 11.9. The zero-order chi connectivity index (χ0) is 14.1. The fourth-order valence-electron chi connectivity index (χ4n) is 2.98. The zero-order valence-corrected chi connectivity index (χ0v) is 11.9. The molecule has 1 aromatic heterocycles. The number of rotatable bonds is 2. The maximum atomic E-state index is 9.19. The van der Waals surface area contributed by atoms with Crippen LogP contribution >= 0.6 is 0 Å². The molecule has 0 radical (unpaired) electrons. The Morgan fingerprint density at radius 2 is 2.20 bits per heavy atom. The van der Waals surface area contributed by atoms with Crippen molar-refractivity contribution in [2.24, 2.45) is 0 Å². The number of pyridine rings is 1. The molecule has 0 bridgehead atoms. The van der Waals surface area contributed by atoms with Crippen LogP contribution in [0.15, 0.2) is 30.5 Å². The maximum Gasteiger partial charge on any atom is 0.179 e. The second-order valence-electron chi connectivity index (χ2n) is 5.46. The summed E-state index contributed by atoms with van der Waals surface area (Å²) in [5.74, 6) is 0.984. The highest BCUT2D eigenvalue weighted by atomic mass is 15.2. The van der Waals surface area contributed by atoms with Gasteiger partial charge >= 0.3 is 0 Å². The van der Waals surface area contributed by atoms with Crippen molar-refractivity contribution >= 4 is 16.6 Å². The van der Waals surface area contributed by atoms with Gasteiger partial charge in [-0.05, 0) is 35.9 Å². The Balaban J connectivity index is 2.06. The van der Waals surface area contributed by atoms with E-state index in [-0.39, 0.29) is 6.04 Å². The largest absolute Gasteiger partial charge is 0.362 e. The van der Waals surface area contributed by atoms with E-state index >= 15 is 0 Å². The summed E-state index contributed by atoms with van der Waals surface area (Å²) in [5, 5.41) is 11.5. The minimum absolute atomic E-state index is 0.236. The number of hydrogen-bond donors (Lipinski definition) is 0. The lowest BCUT2D eigenvalue weighted by Crippen LogP contribution is -2.17. The van der Waals surface area contributed by atoms with Crippen LogP contribution in [0.2, 0.25) is 0 Å². The van der Waals surface area contributed by atoms with Gasteiger partial charge in [0.25, 0.3) is 0 Å². The fourth-order valence-corrected chi connectivity index (χ4v) is 2.98. The van der Waals surface area contributed by atoms with Gasteiger partial charge in [-0.15, -0.1) is 0 Å². The Bertz CT molecular complexity index is 672. The molecule has 4 nitrogen and oxygen atoms in total. The van der Waals surface area contributed by atoms with Gasteiger partial charge in [-0.3, -0.25) is 0 Å². The standard InChI is InChI=1S/C16H18N4/c1-19(2)16-14-6-5-13(10-12(14)7-8-18-16)15-4-3-9-20(15)11-17/h5-8,10,15H,3-4,9H2,1-2H3/t15-/m0/s1. The van der Waals surface area contributed by atoms with E-state index in [2.05, 4.69) is 29.4 Å². The van der Waals surface area contributed by atoms with Gasteiger partial charge in [-0.25, -0.2) is 4.98 Å². The molecule has 102 valence electrons. The van der Waals surface area contributed by atoms with Crippen molar-refractivity contribution in [1.82, 2.24) is 9.88 Å². The van der Waals surface area contributed by atoms with Gasteiger partial charge in [0.15, 0.2) is 6.19 Å². The third-order valence-electron chi connectivity index (χ3n) is 3.96. The van der Waals surface area contributed by atoms with Crippen LogP contribution in [0.1, 0.15) is 24.4 Å². The number of aromatic nitrogens is 1. The van der Waals surface area contributed by atoms with E-state index in [4.69, 9.17) is 0 Å². The van der Waals surface area contributed by atoms with Gasteiger partial charge in [0.1, 0.15) is 5.82 Å². The predicted octanol–water partition coefficient (Wildman–Crippen LogP) is 2.92. The van der Waals surface area contributed by atoms with Crippen LogP contribution in [0.3, 0.4) is 0 Å². The third kappa shape index (κ3) is 2.05. The molecular formula is C16H18N4. The van der Waals surface area contributed by atoms with Gasteiger partial charge < -0.3 is 9.80 Å². The first kappa shape index (κ1) is 12.7. The third-order valence-corrected chi connectivity index (χ3v) is 3.96. The Hall–Kier alpha value is -2.28. The first-order valence-corrected chi connectivity index (χ1v) is 6.93. The average Bonchev–Trinajstić information content (AvgIpc) is 2.94. The Morgan fingerprint density at radius 1 is 1.35 bits per heavy atom. The lowest BCUT2D eigenvalue weighted by Gasteiger charge is -2.20. The monoisotopic (exact) mass is 266 g/mol. The summed E-state index contributed by atoms with van der Waals surface area (Å²) in [5.41, 5.74) is 1.23. The maximum absolute atomic E-state index is 9.19. The van der Waals surface area contributed by atoms with Gasteiger partial charge in [-0.1, -0.05) is 12.1 Å². The summed E-state index contributed by atoms with van der Waals surface area (Å²) < 4.78 is 0. The SMILES string of the molecule is CN(C)c1nccc2cc([C@@H]3CCCN3C#N)ccc12. The molecule has 2 heterocycles. The molecule has 0 unspecified atom stereocenters. The molecule has 1 saturated heterocycles. The van der Waals surface area contributed by atoms with E-state index in [0.29, 0.717) is 0 Å². The number of fused-ring (bicyclic) bond motifs is 1. The van der Waals surface area contributed by atoms with Crippen LogP contribution in [0.25, 0.3) is 10.8 Å². The molecule has 1 aromatic carbocycles. The summed E-state index contributed by atoms with van der Waals surface area (Å²) in [6.07, 6.45) is 6.30. The molecule has 1 aliphatic heterocycles. The topological polar surface area (TPSA) is 43.2 Å². The molecule has 0 amide bonds. The summed E-state index contributed by atoms with van der Waals surface area (Å²) in [6, 6.07) is 8.74. The fraction of sp³-hybridized carbons (Fsp3) is 0.375. The van der Waals surface area contributed by atoms with Crippen LogP contribution in [0.4, 0.5) is 5.82 Å². The lowest BCUT2D eigenvalue weighted by molar-refractivity contribution is 0.374. The summed E-state index contributed by atoms with van der Waals surface area (Å²) in [6.45, 7) is 0.874. The molecule has 0 N–H and O–H groups in total. The molecule has 1 atom stereocenters. The molecule has 0 saturated carbocycles. The van der Waals surface area contributed by atoms with Crippen molar-refractivity contribution in [2.45, 2.75) is 18.9 Å². The van der Waals surface area contributed by atoms with Gasteiger partial charge in [0.2, 0.25) is 0 Å². The summed E-state index contributed by atoms with van der Waals surface area (Å²) in [7, 11) is 4.01. The van der Waals surface area contributed by atoms with Crippen molar-refractivity contribution in [2.75, 3.05) is 25.5 Å². The second kappa shape index (κ2) is 5.01. The first-order chi connectivity index (χ1) is 9.70. The number of benzene rings is 1. The van der Waals surface area contributed by atoms with E-state index in [1.54, 1.807) is 0 Å². The normalized spacial score (nSPS) is 18.2. The van der Waals surface area contributed by atoms with Crippen LogP contribution in [-0.2, 0) is 0 Å². The molecular weight excluding hydrogens is 248 g/mol. The van der Waals surface area contributed by atoms with E-state index < -0.39 is 0 Å². The van der Waals surface area contributed by atoms with Crippen molar-refractivity contribution in [3.63, 3.8) is 0 Å². The molecule has 0 aliphatic carbocycles. The smallest absolute Gasteiger partial charge is 0.179 e. The number of likely N-dealkylation sites (tertiary alicyclic amines) is 1. The average molecular weight is 266 g/mol. The minimum Gasteiger partial charge on any atom is -0.362 e. The van der Waals surface area contributed by atoms with Crippen LogP contribution in [0.5, 0.6) is 0 Å². The lowest BCUT2D eigenvalue weighted by atomic mass is 10.0. The number of nitrogens with zero attached hydrogens (tertiary/aromatic N) is 4. The van der Waals surface area contributed by atoms with Gasteiger partial charge in [-0.2, -0.15) is 5.26 Å². The van der Waals surface area contributed by atoms with Crippen molar-refractivity contribution < 1.29 is 0 Å². The van der Waals surface area contributed by atoms with Crippen molar-refractivity contribution in [3.05, 3.63) is 36.0 Å². The van der Waals surface area contributed by atoms with Crippen LogP contribution < -0.4 is 4.90 Å². The molecule has 2 aromatic rings. The number of anilines is 1. The highest BCUT2D eigenvalue weighted by Crippen LogP contribution is 2.33. The summed E-state index contributed by atoms with van der Waals surface area (Å²) >= 11 is 0. The van der Waals surface area contributed by atoms with Crippen LogP contribution in [0, 0.1) is 11.5 Å². The Morgan fingerprint density at radius 3 is 2.95 bits per heavy atom. The quantitative estimate of drug-likeness (QED) is 0.784. The molecule has 1 aliphatic rings. The predicted molar refractivity (Wildman–Crippen MR) is 80.4 cm³/mol. The first-order valence-electron chi connectivity index (χ1n) is 6.93. The molecule has 4 heteroatoms. The van der Waals surface area contributed by atoms with E-state index in [9.17, 15) is 5.26 Å². The highest BCUT2D eigenvalue weighted by Gasteiger charge is 2.25.